The first kappa shape index (κ1) is 81.2. The number of alkyl halides is 4. The molecule has 4 aromatic rings. The minimum absolute atomic E-state index is 0.0469. The lowest BCUT2D eigenvalue weighted by molar-refractivity contribution is -0.139. The fourth-order valence-electron chi connectivity index (χ4n) is 10.5. The van der Waals surface area contributed by atoms with Crippen LogP contribution in [0, 0.1) is 0 Å². The van der Waals surface area contributed by atoms with Crippen LogP contribution in [0.3, 0.4) is 0 Å². The zero-order chi connectivity index (χ0) is 74.1. The Kier molecular flexibility index (Phi) is 27.8. The maximum absolute atomic E-state index is 15.0. The number of halogens is 4. The van der Waals surface area contributed by atoms with Crippen molar-refractivity contribution < 1.29 is 93.9 Å². The standard InChI is InChI=1S/C15H22FN3O6S.C13H18FN3O7S.2C13H20FN3O6S/c1-9(2)24-13-10(8-18-5-3-7-26(18,22)23)25-14(12(13)16)19-6-4-11(20)17-15(19)21;1-6(2)23-9-8(14)12(17-5-4-7(18)15-13(17)20)24-10(9)11(19)16-25(3,21)22;1-7(2)22-11-8(6-15-24(3,20)21)23-12(10(11)14)17-5-4-9(18)16-13(17)19;1-7(2)22-11-8(6-24(20,21)15-3)23-12(10(11)14)17-5-4-9(18)16-13(17)19/h4,6,9-10,12-14H,3,5,7-8H2,1-2H3,(H,17,20,21);4-6,8-10,12H,1-3H3,(H,16,19)(H,15,18,20);2*4-5,7-8,10-12,15H,6H2,1-3H3,(H,16,18,19)/t10-,12-,13-,14-;8-,9+,10+,12-;2*8-,10-,11-,12-/m1111/s1. The molecule has 0 aromatic carbocycles. The van der Waals surface area contributed by atoms with E-state index < -0.39 is 201 Å². The van der Waals surface area contributed by atoms with Crippen LogP contribution >= 0.6 is 0 Å². The van der Waals surface area contributed by atoms with Crippen molar-refractivity contribution in [2.75, 3.05) is 50.7 Å². The van der Waals surface area contributed by atoms with E-state index in [0.29, 0.717) is 13.0 Å². The number of ether oxygens (including phenoxy) is 8. The summed E-state index contributed by atoms with van der Waals surface area (Å²) in [6.07, 6.45) is -16.9. The molecular weight excluding hydrogens is 1420 g/mol. The summed E-state index contributed by atoms with van der Waals surface area (Å²) in [5.74, 6) is -1.58. The molecule has 9 rings (SSSR count). The summed E-state index contributed by atoms with van der Waals surface area (Å²) in [6, 6.07) is 4.19. The van der Waals surface area contributed by atoms with Crippen molar-refractivity contribution >= 4 is 46.0 Å². The maximum Gasteiger partial charge on any atom is 0.330 e. The van der Waals surface area contributed by atoms with Gasteiger partial charge in [-0.2, -0.15) is 4.31 Å². The lowest BCUT2D eigenvalue weighted by atomic mass is 10.1. The van der Waals surface area contributed by atoms with Gasteiger partial charge < -0.3 is 37.9 Å². The van der Waals surface area contributed by atoms with Crippen LogP contribution in [0.4, 0.5) is 17.6 Å². The summed E-state index contributed by atoms with van der Waals surface area (Å²) < 4.78 is 207. The van der Waals surface area contributed by atoms with E-state index in [0.717, 1.165) is 79.8 Å². The summed E-state index contributed by atoms with van der Waals surface area (Å²) in [5.41, 5.74) is -5.95. The Balaban J connectivity index is 0.000000208. The van der Waals surface area contributed by atoms with Crippen molar-refractivity contribution in [3.05, 3.63) is 132 Å². The minimum atomic E-state index is -3.90. The van der Waals surface area contributed by atoms with Crippen LogP contribution in [0.2, 0.25) is 0 Å². The number of nitrogens with one attached hydrogen (secondary N) is 7. The van der Waals surface area contributed by atoms with Gasteiger partial charge in [-0.1, -0.05) is 0 Å². The Hall–Kier alpha value is -6.73. The number of carbonyl (C=O) groups excluding carboxylic acids is 1. The molecule has 7 N–H and O–H groups in total. The predicted molar refractivity (Wildman–Crippen MR) is 339 cm³/mol. The van der Waals surface area contributed by atoms with Gasteiger partial charge in [0.05, 0.1) is 48.4 Å². The molecule has 558 valence electrons. The first-order chi connectivity index (χ1) is 45.9. The van der Waals surface area contributed by atoms with Crippen LogP contribution in [0.25, 0.3) is 0 Å². The molecule has 0 saturated carbocycles. The lowest BCUT2D eigenvalue weighted by Crippen LogP contribution is -2.45. The highest BCUT2D eigenvalue weighted by molar-refractivity contribution is 7.90. The van der Waals surface area contributed by atoms with Crippen molar-refractivity contribution in [2.24, 2.45) is 0 Å². The van der Waals surface area contributed by atoms with Crippen LogP contribution in [0.1, 0.15) is 86.7 Å². The molecule has 0 bridgehead atoms. The molecule has 0 radical (unpaired) electrons. The number of rotatable bonds is 22. The van der Waals surface area contributed by atoms with Gasteiger partial charge in [0.2, 0.25) is 40.1 Å². The number of hydrogen-bond acceptors (Lipinski definition) is 25. The fourth-order valence-corrected chi connectivity index (χ4v) is 13.9. The van der Waals surface area contributed by atoms with Crippen molar-refractivity contribution in [3.8, 4) is 0 Å². The summed E-state index contributed by atoms with van der Waals surface area (Å²) in [5, 5.41) is 0. The van der Waals surface area contributed by atoms with Gasteiger partial charge in [-0.3, -0.25) is 66.9 Å². The SMILES string of the molecule is CC(C)O[C@H]1[C@@H](F)[C@H](n2ccc(=O)[nH]c2=O)O[C@@H]1C(=O)NS(C)(=O)=O.CC(C)O[C@H]1[C@@H](F)[C@H](n2ccc(=O)[nH]c2=O)O[C@@H]1CN1CCCS1(=O)=O.CC(C)O[C@H]1[C@@H](F)[C@H](n2ccc(=O)[nH]c2=O)O[C@@H]1CNS(C)(=O)=O.CNS(=O)(=O)C[C@H]1O[C@@H](n2ccc(=O)[nH]c2=O)[C@H](F)[C@@H]1OC(C)C. The zero-order valence-electron chi connectivity index (χ0n) is 55.0. The second-order valence-electron chi connectivity index (χ2n) is 24.0. The first-order valence-corrected chi connectivity index (χ1v) is 37.4. The number of carbonyl (C=O) groups is 1. The summed E-state index contributed by atoms with van der Waals surface area (Å²) in [4.78, 5) is 112. The number of aromatic amines is 4. The largest absolute Gasteiger partial charge is 0.370 e. The fraction of sp³-hybridized carbons (Fsp3) is 0.685. The lowest BCUT2D eigenvalue weighted by Gasteiger charge is -2.25. The Morgan fingerprint density at radius 1 is 0.535 bits per heavy atom. The van der Waals surface area contributed by atoms with E-state index in [1.54, 1.807) is 60.1 Å². The van der Waals surface area contributed by atoms with Gasteiger partial charge in [0.15, 0.2) is 55.7 Å². The zero-order valence-corrected chi connectivity index (χ0v) is 58.3. The van der Waals surface area contributed by atoms with Crippen LogP contribution in [0.5, 0.6) is 0 Å². The molecule has 0 unspecified atom stereocenters. The molecule has 5 saturated heterocycles. The van der Waals surface area contributed by atoms with Crippen LogP contribution in [0.15, 0.2) is 87.4 Å². The van der Waals surface area contributed by atoms with E-state index in [9.17, 15) is 90.0 Å². The van der Waals surface area contributed by atoms with E-state index in [-0.39, 0.29) is 37.2 Å². The highest BCUT2D eigenvalue weighted by Gasteiger charge is 2.53. The molecule has 4 aromatic heterocycles. The Morgan fingerprint density at radius 3 is 1.20 bits per heavy atom. The topological polar surface area (TPSA) is 486 Å². The van der Waals surface area contributed by atoms with E-state index in [1.165, 1.54) is 11.4 Å². The number of nitrogens with zero attached hydrogens (tertiary/aromatic N) is 5. The third-order valence-electron chi connectivity index (χ3n) is 14.6. The quantitative estimate of drug-likeness (QED) is 0.0375. The van der Waals surface area contributed by atoms with Crippen molar-refractivity contribution in [1.82, 2.24) is 56.7 Å². The smallest absolute Gasteiger partial charge is 0.330 e. The number of hydrogen-bond donors (Lipinski definition) is 7. The number of amides is 1. The number of H-pyrrole nitrogens is 4. The Morgan fingerprint density at radius 2 is 0.869 bits per heavy atom. The predicted octanol–water partition coefficient (Wildman–Crippen LogP) is -3.53. The van der Waals surface area contributed by atoms with Gasteiger partial charge >= 0.3 is 22.8 Å². The molecule has 5 aliphatic rings. The van der Waals surface area contributed by atoms with Crippen LogP contribution in [-0.2, 0) is 82.8 Å². The number of aromatic nitrogens is 8. The molecule has 45 heteroatoms. The minimum Gasteiger partial charge on any atom is -0.370 e. The van der Waals surface area contributed by atoms with Gasteiger partial charge in [-0.25, -0.2) is 79.9 Å². The molecule has 16 atom stereocenters. The second kappa shape index (κ2) is 33.8. The summed E-state index contributed by atoms with van der Waals surface area (Å²) >= 11 is 0. The highest BCUT2D eigenvalue weighted by atomic mass is 32.2. The van der Waals surface area contributed by atoms with E-state index in [1.807, 2.05) is 15.0 Å². The Labute approximate surface area is 562 Å². The Bertz CT molecular complexity index is 4420. The second-order valence-corrected chi connectivity index (χ2v) is 31.6. The molecule has 9 heterocycles. The first-order valence-electron chi connectivity index (χ1n) is 30.3. The van der Waals surface area contributed by atoms with E-state index in [2.05, 4.69) is 14.4 Å². The molecule has 1 amide bonds. The molecular formula is C54H80F4N12O25S4. The maximum atomic E-state index is 15.0. The van der Waals surface area contributed by atoms with E-state index in [4.69, 9.17) is 37.9 Å². The summed E-state index contributed by atoms with van der Waals surface area (Å²) in [7, 11) is -13.2. The molecule has 5 fully saturated rings. The van der Waals surface area contributed by atoms with Gasteiger partial charge in [0, 0.05) is 68.7 Å². The highest BCUT2D eigenvalue weighted by Crippen LogP contribution is 2.38. The number of sulfonamides is 4. The molecule has 37 nitrogen and oxygen atoms in total. The molecule has 0 spiro atoms. The van der Waals surface area contributed by atoms with Gasteiger partial charge in [0.25, 0.3) is 28.1 Å². The van der Waals surface area contributed by atoms with Crippen molar-refractivity contribution in [2.45, 2.75) is 185 Å². The van der Waals surface area contributed by atoms with Crippen LogP contribution in [-0.4, -0.2) is 231 Å². The summed E-state index contributed by atoms with van der Waals surface area (Å²) in [6.45, 7) is 13.5. The third kappa shape index (κ3) is 22.1. The van der Waals surface area contributed by atoms with Crippen molar-refractivity contribution in [1.29, 1.82) is 0 Å². The van der Waals surface area contributed by atoms with Crippen LogP contribution < -0.4 is 59.2 Å². The molecule has 99 heavy (non-hydrogen) atoms. The third-order valence-corrected chi connectivity index (χ3v) is 19.1. The molecule has 0 aliphatic carbocycles. The molecule has 5 aliphatic heterocycles. The van der Waals surface area contributed by atoms with Gasteiger partial charge in [0.1, 0.15) is 42.7 Å². The monoisotopic (exact) mass is 1500 g/mol. The normalized spacial score (nSPS) is 28.5. The van der Waals surface area contributed by atoms with Gasteiger partial charge in [-0.05, 0) is 68.9 Å². The van der Waals surface area contributed by atoms with Crippen molar-refractivity contribution in [3.63, 3.8) is 0 Å². The van der Waals surface area contributed by atoms with Gasteiger partial charge in [-0.15, -0.1) is 0 Å². The van der Waals surface area contributed by atoms with E-state index >= 15 is 4.39 Å². The average Bonchev–Trinajstić information content (AvgIpc) is 1.62. The average molecular weight is 1500 g/mol.